The van der Waals surface area contributed by atoms with Crippen LogP contribution in [0.4, 0.5) is 0 Å². The third-order valence-electron chi connectivity index (χ3n) is 5.88. The van der Waals surface area contributed by atoms with E-state index in [0.29, 0.717) is 0 Å². The van der Waals surface area contributed by atoms with Crippen LogP contribution in [-0.2, 0) is 26.5 Å². The second-order valence-corrected chi connectivity index (χ2v) is 8.12. The van der Waals surface area contributed by atoms with Crippen LogP contribution in [0.3, 0.4) is 0 Å². The molecule has 3 aliphatic rings. The number of nitrogens with one attached hydrogen (secondary N) is 1. The molecule has 4 heteroatoms. The Morgan fingerprint density at radius 2 is 1.25 bits per heavy atom. The van der Waals surface area contributed by atoms with Crippen LogP contribution in [0.25, 0.3) is 5.73 Å². The van der Waals surface area contributed by atoms with Gasteiger partial charge in [-0.05, 0) is 29.7 Å². The summed E-state index contributed by atoms with van der Waals surface area (Å²) < 4.78 is 0. The normalized spacial score (nSPS) is 22.2. The van der Waals surface area contributed by atoms with Crippen LogP contribution in [-0.4, -0.2) is 16.9 Å². The van der Waals surface area contributed by atoms with Crippen molar-refractivity contribution >= 4 is 16.9 Å². The summed E-state index contributed by atoms with van der Waals surface area (Å²) in [5.41, 5.74) is 7.23. The van der Waals surface area contributed by atoms with E-state index >= 15 is 0 Å². The molecule has 2 saturated carbocycles. The van der Waals surface area contributed by atoms with E-state index in [4.69, 9.17) is 5.73 Å². The van der Waals surface area contributed by atoms with Gasteiger partial charge in [-0.15, -0.1) is 12.0 Å². The van der Waals surface area contributed by atoms with Crippen molar-refractivity contribution in [1.82, 2.24) is 0 Å². The molecule has 0 radical (unpaired) electrons. The molecule has 0 aromatic carbocycles. The molecule has 1 N–H and O–H groups in total. The Morgan fingerprint density at radius 3 is 1.66 bits per heavy atom. The zero-order valence-electron chi connectivity index (χ0n) is 20.3. The summed E-state index contributed by atoms with van der Waals surface area (Å²) in [6, 6.07) is 0. The minimum Gasteiger partial charge on any atom is -0.668 e. The molecular weight excluding hydrogens is 442 g/mol. The summed E-state index contributed by atoms with van der Waals surface area (Å²) in [6.45, 7) is 6.72. The second kappa shape index (κ2) is 26.6. The van der Waals surface area contributed by atoms with Crippen LogP contribution in [0.5, 0.6) is 0 Å². The first-order valence-electron chi connectivity index (χ1n) is 11.4. The predicted octanol–water partition coefficient (Wildman–Crippen LogP) is 7.63. The molecule has 2 atom stereocenters. The molecule has 0 bridgehead atoms. The minimum atomic E-state index is -0.327. The monoisotopic (exact) mass is 493 g/mol. The number of rotatable bonds is 2. The number of carbonyl (C=O) groups excluding carboxylic acids is 1. The van der Waals surface area contributed by atoms with Crippen LogP contribution in [0.15, 0.2) is 49.6 Å². The van der Waals surface area contributed by atoms with E-state index in [1.807, 2.05) is 0 Å². The van der Waals surface area contributed by atoms with E-state index in [0.717, 1.165) is 37.5 Å². The Morgan fingerprint density at radius 1 is 0.812 bits per heavy atom. The molecule has 0 aliphatic heterocycles. The van der Waals surface area contributed by atoms with Crippen LogP contribution in [0, 0.1) is 39.0 Å². The Kier molecular flexibility index (Phi) is 32.1. The van der Waals surface area contributed by atoms with Crippen molar-refractivity contribution < 1.29 is 26.5 Å². The van der Waals surface area contributed by atoms with Gasteiger partial charge in [0.15, 0.2) is 0 Å². The summed E-state index contributed by atoms with van der Waals surface area (Å²) >= 11 is 0. The number of allylic oxidation sites excluding steroid dienone is 6. The van der Waals surface area contributed by atoms with Crippen LogP contribution < -0.4 is 0 Å². The standard InChI is InChI=1S/C13H25NO.C9H11.C4H6.2CH3.H4Si.Ti/c14-13(15)12-10-8-6-4-2-1-3-5-7-9-11-12;1-2-5-9-7-3-6-8(9)4-1;1-3-4-2;;;;/h12H,1-11H2,(H2,14,15);1-2,4-6,8-9H,3,7H2;3-4H,1-2H2;2*1H3;1H4;/q;-1;;2*-1;;+4/p-1. The maximum atomic E-state index is 11.1. The van der Waals surface area contributed by atoms with E-state index in [1.165, 1.54) is 57.8 Å². The molecule has 1 amide bonds. The predicted molar refractivity (Wildman–Crippen MR) is 147 cm³/mol. The first kappa shape index (κ1) is 38.6. The molecule has 0 saturated heterocycles. The Labute approximate surface area is 220 Å². The van der Waals surface area contributed by atoms with Gasteiger partial charge in [-0.2, -0.15) is 6.42 Å². The smallest absolute Gasteiger partial charge is 0.668 e. The molecule has 0 heterocycles. The molecule has 32 heavy (non-hydrogen) atoms. The van der Waals surface area contributed by atoms with Crippen LogP contribution >= 0.6 is 0 Å². The number of amides is 1. The van der Waals surface area contributed by atoms with Crippen molar-refractivity contribution in [3.05, 3.63) is 76.6 Å². The molecule has 0 aromatic heterocycles. The van der Waals surface area contributed by atoms with Crippen LogP contribution in [0.2, 0.25) is 0 Å². The van der Waals surface area contributed by atoms with Gasteiger partial charge in [0.2, 0.25) is 0 Å². The summed E-state index contributed by atoms with van der Waals surface area (Å²) in [7, 11) is 0. The topological polar surface area (TPSA) is 40.9 Å². The summed E-state index contributed by atoms with van der Waals surface area (Å²) in [5.74, 6) is 1.33. The Hall–Kier alpha value is -0.639. The first-order valence-corrected chi connectivity index (χ1v) is 11.4. The fourth-order valence-electron chi connectivity index (χ4n) is 4.12. The third-order valence-corrected chi connectivity index (χ3v) is 5.88. The molecule has 2 unspecified atom stereocenters. The van der Waals surface area contributed by atoms with Crippen molar-refractivity contribution in [2.24, 2.45) is 17.8 Å². The fourth-order valence-corrected chi connectivity index (χ4v) is 4.12. The first-order chi connectivity index (χ1) is 13.7. The van der Waals surface area contributed by atoms with Gasteiger partial charge in [-0.25, -0.2) is 0 Å². The van der Waals surface area contributed by atoms with Gasteiger partial charge in [0.05, 0.1) is 5.91 Å². The second-order valence-electron chi connectivity index (χ2n) is 8.12. The molecule has 2 nitrogen and oxygen atoms in total. The maximum absolute atomic E-state index is 11.1. The quantitative estimate of drug-likeness (QED) is 0.221. The largest absolute Gasteiger partial charge is 4.00 e. The van der Waals surface area contributed by atoms with E-state index < -0.39 is 0 Å². The van der Waals surface area contributed by atoms with Crippen molar-refractivity contribution in [3.63, 3.8) is 0 Å². The number of hydrogen-bond donors (Lipinski definition) is 0. The van der Waals surface area contributed by atoms with Crippen molar-refractivity contribution in [2.75, 3.05) is 0 Å². The fraction of sp³-hybridized carbons (Fsp3) is 0.571. The molecule has 0 aromatic rings. The van der Waals surface area contributed by atoms with E-state index in [2.05, 4.69) is 43.9 Å². The number of fused-ring (bicyclic) bond motifs is 1. The van der Waals surface area contributed by atoms with Gasteiger partial charge < -0.3 is 31.8 Å². The number of carbonyl (C=O) groups is 1. The zero-order valence-corrected chi connectivity index (χ0v) is 21.8. The van der Waals surface area contributed by atoms with Crippen molar-refractivity contribution in [2.45, 2.75) is 83.5 Å². The van der Waals surface area contributed by atoms with Gasteiger partial charge in [0.1, 0.15) is 0 Å². The molecular formula is C28H51NOSiTi. The molecule has 3 aliphatic carbocycles. The van der Waals surface area contributed by atoms with Gasteiger partial charge in [-0.1, -0.05) is 108 Å². The van der Waals surface area contributed by atoms with Gasteiger partial charge >= 0.3 is 21.7 Å². The molecule has 0 spiro atoms. The van der Waals surface area contributed by atoms with Crippen molar-refractivity contribution in [3.8, 4) is 0 Å². The van der Waals surface area contributed by atoms with Gasteiger partial charge in [0, 0.05) is 5.92 Å². The van der Waals surface area contributed by atoms with Gasteiger partial charge in [0.25, 0.3) is 0 Å². The summed E-state index contributed by atoms with van der Waals surface area (Å²) in [6.07, 6.45) is 30.8. The van der Waals surface area contributed by atoms with Gasteiger partial charge in [-0.3, -0.25) is 0 Å². The minimum absolute atomic E-state index is 0. The van der Waals surface area contributed by atoms with E-state index in [-0.39, 0.29) is 59.4 Å². The van der Waals surface area contributed by atoms with E-state index in [9.17, 15) is 4.79 Å². The average Bonchev–Trinajstić information content (AvgIpc) is 3.18. The van der Waals surface area contributed by atoms with Crippen LogP contribution in [0.1, 0.15) is 83.5 Å². The Balaban J connectivity index is -0.000000199. The SMILES string of the molecule is C1=CC2[CH-]CCC2C=C1.C=CC=C.[CH3-].[CH3-].[NH-]C(=O)C1CCCCCCCCCCC1.[SiH4].[Ti+4]. The average molecular weight is 494 g/mol. The summed E-state index contributed by atoms with van der Waals surface area (Å²) in [5, 5.41) is 0. The molecule has 3 rings (SSSR count). The van der Waals surface area contributed by atoms with E-state index in [1.54, 1.807) is 12.2 Å². The Bertz CT molecular complexity index is 468. The van der Waals surface area contributed by atoms with Crippen molar-refractivity contribution in [1.29, 1.82) is 0 Å². The molecule has 182 valence electrons. The number of hydrogen-bond acceptors (Lipinski definition) is 1. The third kappa shape index (κ3) is 18.9. The molecule has 2 fully saturated rings. The summed E-state index contributed by atoms with van der Waals surface area (Å²) in [4.78, 5) is 11.1. The zero-order chi connectivity index (χ0) is 20.5. The maximum Gasteiger partial charge on any atom is 4.00 e.